The quantitative estimate of drug-likeness (QED) is 0.429. The molecule has 162 valence electrons. The van der Waals surface area contributed by atoms with Crippen molar-refractivity contribution in [1.29, 1.82) is 0 Å². The first-order valence-electron chi connectivity index (χ1n) is 10.4. The molecule has 8 heteroatoms. The van der Waals surface area contributed by atoms with Crippen LogP contribution in [0.4, 0.5) is 5.69 Å². The SMILES string of the molecule is CN=C(NCCCN1C(=O)COc2ccccc21)N(C)Cc1cn(C)nc1C(C)C. The maximum Gasteiger partial charge on any atom is 0.265 e. The number of aryl methyl sites for hydroxylation is 1. The molecule has 0 spiro atoms. The maximum absolute atomic E-state index is 12.3. The number of fused-ring (bicyclic) bond motifs is 1. The van der Waals surface area contributed by atoms with E-state index >= 15 is 0 Å². The van der Waals surface area contributed by atoms with Gasteiger partial charge in [0.05, 0.1) is 11.4 Å². The summed E-state index contributed by atoms with van der Waals surface area (Å²) in [5, 5.41) is 7.99. The van der Waals surface area contributed by atoms with Crippen LogP contribution >= 0.6 is 0 Å². The second-order valence-corrected chi connectivity index (χ2v) is 7.85. The number of amides is 1. The smallest absolute Gasteiger partial charge is 0.265 e. The first-order chi connectivity index (χ1) is 14.4. The Morgan fingerprint density at radius 3 is 2.87 bits per heavy atom. The van der Waals surface area contributed by atoms with Crippen LogP contribution in [0.2, 0.25) is 0 Å². The summed E-state index contributed by atoms with van der Waals surface area (Å²) < 4.78 is 7.37. The predicted molar refractivity (Wildman–Crippen MR) is 119 cm³/mol. The fourth-order valence-electron chi connectivity index (χ4n) is 3.71. The van der Waals surface area contributed by atoms with Crippen molar-refractivity contribution >= 4 is 17.6 Å². The van der Waals surface area contributed by atoms with E-state index in [1.807, 2.05) is 43.0 Å². The van der Waals surface area contributed by atoms with Crippen molar-refractivity contribution in [3.63, 3.8) is 0 Å². The molecule has 0 saturated heterocycles. The second-order valence-electron chi connectivity index (χ2n) is 7.85. The fourth-order valence-corrected chi connectivity index (χ4v) is 3.71. The number of carbonyl (C=O) groups is 1. The lowest BCUT2D eigenvalue weighted by Gasteiger charge is -2.29. The Morgan fingerprint density at radius 1 is 1.37 bits per heavy atom. The van der Waals surface area contributed by atoms with E-state index in [9.17, 15) is 4.79 Å². The first-order valence-corrected chi connectivity index (χ1v) is 10.4. The van der Waals surface area contributed by atoms with Gasteiger partial charge in [-0.2, -0.15) is 5.10 Å². The molecule has 0 bridgehead atoms. The molecule has 30 heavy (non-hydrogen) atoms. The fraction of sp³-hybridized carbons (Fsp3) is 0.500. The molecule has 1 amide bonds. The number of nitrogens with one attached hydrogen (secondary N) is 1. The van der Waals surface area contributed by atoms with Gasteiger partial charge in [0.1, 0.15) is 5.75 Å². The van der Waals surface area contributed by atoms with Crippen LogP contribution in [0.5, 0.6) is 5.75 Å². The van der Waals surface area contributed by atoms with Crippen LogP contribution in [-0.4, -0.2) is 60.3 Å². The number of aliphatic imine (C=N–C) groups is 1. The molecule has 0 saturated carbocycles. The van der Waals surface area contributed by atoms with E-state index in [0.717, 1.165) is 36.1 Å². The van der Waals surface area contributed by atoms with Gasteiger partial charge >= 0.3 is 0 Å². The van der Waals surface area contributed by atoms with E-state index in [1.165, 1.54) is 5.56 Å². The Labute approximate surface area is 178 Å². The Hall–Kier alpha value is -3.03. The van der Waals surface area contributed by atoms with E-state index in [1.54, 1.807) is 11.9 Å². The summed E-state index contributed by atoms with van der Waals surface area (Å²) in [7, 11) is 5.76. The molecule has 0 unspecified atom stereocenters. The molecule has 8 nitrogen and oxygen atoms in total. The van der Waals surface area contributed by atoms with Gasteiger partial charge in [-0.25, -0.2) is 0 Å². The van der Waals surface area contributed by atoms with E-state index in [4.69, 9.17) is 4.74 Å². The van der Waals surface area contributed by atoms with Crippen molar-refractivity contribution in [2.45, 2.75) is 32.7 Å². The minimum atomic E-state index is -0.00649. The number of guanidine groups is 1. The highest BCUT2D eigenvalue weighted by atomic mass is 16.5. The minimum absolute atomic E-state index is 0.00649. The third kappa shape index (κ3) is 4.93. The molecule has 0 atom stereocenters. The number of carbonyl (C=O) groups excluding carboxylic acids is 1. The number of hydrogen-bond donors (Lipinski definition) is 1. The van der Waals surface area contributed by atoms with E-state index in [0.29, 0.717) is 19.0 Å². The summed E-state index contributed by atoms with van der Waals surface area (Å²) in [6.07, 6.45) is 2.87. The van der Waals surface area contributed by atoms with Gasteiger partial charge in [-0.3, -0.25) is 14.5 Å². The lowest BCUT2D eigenvalue weighted by molar-refractivity contribution is -0.121. The van der Waals surface area contributed by atoms with Crippen LogP contribution in [0.15, 0.2) is 35.5 Å². The number of nitrogens with zero attached hydrogens (tertiary/aromatic N) is 5. The standard InChI is InChI=1S/C22H32N6O2/c1-16(2)21-17(14-27(5)25-21)13-26(4)22(23-3)24-11-8-12-28-18-9-6-7-10-19(18)30-15-20(28)29/h6-7,9-10,14,16H,8,11-13,15H2,1-5H3,(H,23,24). The topological polar surface area (TPSA) is 75.0 Å². The Balaban J connectivity index is 1.53. The first kappa shape index (κ1) is 21.7. The van der Waals surface area contributed by atoms with Crippen LogP contribution in [-0.2, 0) is 18.4 Å². The zero-order valence-corrected chi connectivity index (χ0v) is 18.6. The summed E-state index contributed by atoms with van der Waals surface area (Å²) in [6, 6.07) is 7.66. The Bertz CT molecular complexity index is 905. The van der Waals surface area contributed by atoms with Crippen LogP contribution in [0.25, 0.3) is 0 Å². The average molecular weight is 413 g/mol. The van der Waals surface area contributed by atoms with Crippen LogP contribution < -0.4 is 15.0 Å². The summed E-state index contributed by atoms with van der Waals surface area (Å²) in [6.45, 7) is 6.49. The summed E-state index contributed by atoms with van der Waals surface area (Å²) in [4.78, 5) is 20.6. The summed E-state index contributed by atoms with van der Waals surface area (Å²) >= 11 is 0. The average Bonchev–Trinajstić information content (AvgIpc) is 3.09. The summed E-state index contributed by atoms with van der Waals surface area (Å²) in [5.41, 5.74) is 3.16. The molecule has 0 aliphatic carbocycles. The number of hydrogen-bond acceptors (Lipinski definition) is 4. The molecule has 3 rings (SSSR count). The third-order valence-corrected chi connectivity index (χ3v) is 5.11. The molecule has 0 fully saturated rings. The molecule has 1 N–H and O–H groups in total. The van der Waals surface area contributed by atoms with Crippen LogP contribution in [0.3, 0.4) is 0 Å². The molecule has 0 radical (unpaired) electrons. The normalized spacial score (nSPS) is 14.0. The third-order valence-electron chi connectivity index (χ3n) is 5.11. The van der Waals surface area contributed by atoms with Crippen molar-refractivity contribution in [1.82, 2.24) is 20.0 Å². The van der Waals surface area contributed by atoms with Gasteiger partial charge in [-0.1, -0.05) is 26.0 Å². The maximum atomic E-state index is 12.3. The van der Waals surface area contributed by atoms with Crippen molar-refractivity contribution in [2.24, 2.45) is 12.0 Å². The van der Waals surface area contributed by atoms with Gasteiger partial charge in [0.25, 0.3) is 5.91 Å². The predicted octanol–water partition coefficient (Wildman–Crippen LogP) is 2.37. The number of benzene rings is 1. The van der Waals surface area contributed by atoms with Crippen LogP contribution in [0, 0.1) is 0 Å². The molecule has 1 aliphatic heterocycles. The van der Waals surface area contributed by atoms with Crippen molar-refractivity contribution in [2.75, 3.05) is 38.7 Å². The van der Waals surface area contributed by atoms with Crippen LogP contribution in [0.1, 0.15) is 37.4 Å². The highest BCUT2D eigenvalue weighted by Gasteiger charge is 2.24. The number of rotatable bonds is 7. The van der Waals surface area contributed by atoms with E-state index in [-0.39, 0.29) is 12.5 Å². The summed E-state index contributed by atoms with van der Waals surface area (Å²) in [5.74, 6) is 1.95. The molecule has 1 aliphatic rings. The van der Waals surface area contributed by atoms with Crippen molar-refractivity contribution in [3.05, 3.63) is 41.7 Å². The molecule has 2 aromatic rings. The zero-order chi connectivity index (χ0) is 21.7. The number of anilines is 1. The Morgan fingerprint density at radius 2 is 2.13 bits per heavy atom. The van der Waals surface area contributed by atoms with Gasteiger partial charge in [-0.05, 0) is 24.5 Å². The van der Waals surface area contributed by atoms with Gasteiger partial charge in [0.15, 0.2) is 12.6 Å². The number of para-hydroxylation sites is 2. The highest BCUT2D eigenvalue weighted by Crippen LogP contribution is 2.31. The second kappa shape index (κ2) is 9.65. The monoisotopic (exact) mass is 412 g/mol. The van der Waals surface area contributed by atoms with E-state index < -0.39 is 0 Å². The molecule has 1 aromatic carbocycles. The lowest BCUT2D eigenvalue weighted by Crippen LogP contribution is -2.42. The molecular weight excluding hydrogens is 380 g/mol. The lowest BCUT2D eigenvalue weighted by atomic mass is 10.1. The Kier molecular flexibility index (Phi) is 6.97. The van der Waals surface area contributed by atoms with E-state index in [2.05, 4.69) is 40.4 Å². The van der Waals surface area contributed by atoms with Crippen molar-refractivity contribution < 1.29 is 9.53 Å². The molecule has 1 aromatic heterocycles. The van der Waals surface area contributed by atoms with Gasteiger partial charge in [0.2, 0.25) is 0 Å². The molecule has 2 heterocycles. The number of ether oxygens (including phenoxy) is 1. The highest BCUT2D eigenvalue weighted by molar-refractivity contribution is 5.97. The zero-order valence-electron chi connectivity index (χ0n) is 18.6. The largest absolute Gasteiger partial charge is 0.482 e. The minimum Gasteiger partial charge on any atom is -0.482 e. The van der Waals surface area contributed by atoms with Gasteiger partial charge < -0.3 is 19.9 Å². The number of aromatic nitrogens is 2. The van der Waals surface area contributed by atoms with Gasteiger partial charge in [-0.15, -0.1) is 0 Å². The van der Waals surface area contributed by atoms with Crippen molar-refractivity contribution in [3.8, 4) is 5.75 Å². The molecular formula is C22H32N6O2. The van der Waals surface area contributed by atoms with Gasteiger partial charge in [0, 0.05) is 52.5 Å².